The van der Waals surface area contributed by atoms with Gasteiger partial charge in [0.15, 0.2) is 0 Å². The quantitative estimate of drug-likeness (QED) is 0.474. The Balaban J connectivity index is 1.72. The van der Waals surface area contributed by atoms with Crippen LogP contribution >= 0.6 is 0 Å². The van der Waals surface area contributed by atoms with Crippen LogP contribution in [0.1, 0.15) is 58.8 Å². The average Bonchev–Trinajstić information content (AvgIpc) is 2.72. The van der Waals surface area contributed by atoms with Crippen molar-refractivity contribution in [3.63, 3.8) is 0 Å². The molecule has 2 aromatic carbocycles. The standard InChI is InChI=1S/C27H31N3/c1-18-6-12-26(20(3)14-18)30(27-13-7-19(2)15-21(27)4)24-10-8-23(9-11-24)25-17-28-22(5)16-29-25/h6-7,10,12-17,23H,8-9,11H2,1-5H3. The second kappa shape index (κ2) is 8.43. The van der Waals surface area contributed by atoms with E-state index in [1.54, 1.807) is 0 Å². The first-order valence-electron chi connectivity index (χ1n) is 10.8. The molecule has 0 saturated heterocycles. The number of nitrogens with zero attached hydrogens (tertiary/aromatic N) is 3. The normalized spacial score (nSPS) is 16.3. The van der Waals surface area contributed by atoms with Gasteiger partial charge in [-0.05, 0) is 77.1 Å². The number of anilines is 2. The first-order valence-corrected chi connectivity index (χ1v) is 10.8. The Morgan fingerprint density at radius 2 is 1.43 bits per heavy atom. The van der Waals surface area contributed by atoms with Gasteiger partial charge in [0.1, 0.15) is 0 Å². The minimum absolute atomic E-state index is 0.446. The van der Waals surface area contributed by atoms with Crippen LogP contribution in [0.4, 0.5) is 11.4 Å². The first-order chi connectivity index (χ1) is 14.4. The molecule has 0 bridgehead atoms. The number of benzene rings is 2. The summed E-state index contributed by atoms with van der Waals surface area (Å²) in [7, 11) is 0. The molecule has 3 nitrogen and oxygen atoms in total. The second-order valence-electron chi connectivity index (χ2n) is 8.66. The lowest BCUT2D eigenvalue weighted by atomic mass is 9.89. The molecule has 1 aliphatic rings. The summed E-state index contributed by atoms with van der Waals surface area (Å²) in [5.41, 5.74) is 11.2. The van der Waals surface area contributed by atoms with Gasteiger partial charge in [0, 0.05) is 35.4 Å². The van der Waals surface area contributed by atoms with Crippen LogP contribution in [0.2, 0.25) is 0 Å². The van der Waals surface area contributed by atoms with Crippen LogP contribution in [-0.2, 0) is 0 Å². The molecule has 1 unspecified atom stereocenters. The summed E-state index contributed by atoms with van der Waals surface area (Å²) in [4.78, 5) is 11.6. The van der Waals surface area contributed by atoms with E-state index < -0.39 is 0 Å². The highest BCUT2D eigenvalue weighted by Crippen LogP contribution is 2.40. The van der Waals surface area contributed by atoms with Crippen LogP contribution < -0.4 is 4.90 Å². The summed E-state index contributed by atoms with van der Waals surface area (Å²) in [5.74, 6) is 0.446. The van der Waals surface area contributed by atoms with Crippen molar-refractivity contribution in [2.45, 2.75) is 59.8 Å². The Kier molecular flexibility index (Phi) is 5.72. The van der Waals surface area contributed by atoms with E-state index >= 15 is 0 Å². The lowest BCUT2D eigenvalue weighted by molar-refractivity contribution is 0.576. The van der Waals surface area contributed by atoms with Gasteiger partial charge in [-0.25, -0.2) is 0 Å². The van der Waals surface area contributed by atoms with E-state index in [-0.39, 0.29) is 0 Å². The van der Waals surface area contributed by atoms with Crippen LogP contribution in [0.5, 0.6) is 0 Å². The van der Waals surface area contributed by atoms with Crippen LogP contribution in [0.3, 0.4) is 0 Å². The lowest BCUT2D eigenvalue weighted by Crippen LogP contribution is -2.22. The molecule has 1 aliphatic carbocycles. The largest absolute Gasteiger partial charge is 0.314 e. The van der Waals surface area contributed by atoms with Crippen LogP contribution in [0, 0.1) is 34.6 Å². The zero-order chi connectivity index (χ0) is 21.3. The van der Waals surface area contributed by atoms with E-state index in [2.05, 4.69) is 85.0 Å². The Morgan fingerprint density at radius 3 is 1.90 bits per heavy atom. The maximum absolute atomic E-state index is 4.63. The predicted octanol–water partition coefficient (Wildman–Crippen LogP) is 7.01. The van der Waals surface area contributed by atoms with E-state index in [0.29, 0.717) is 5.92 Å². The lowest BCUT2D eigenvalue weighted by Gasteiger charge is -2.34. The Bertz CT molecular complexity index is 1030. The predicted molar refractivity (Wildman–Crippen MR) is 125 cm³/mol. The van der Waals surface area contributed by atoms with E-state index in [0.717, 1.165) is 30.7 Å². The van der Waals surface area contributed by atoms with Gasteiger partial charge in [0.25, 0.3) is 0 Å². The summed E-state index contributed by atoms with van der Waals surface area (Å²) < 4.78 is 0. The highest BCUT2D eigenvalue weighted by molar-refractivity contribution is 5.74. The van der Waals surface area contributed by atoms with Crippen molar-refractivity contribution in [2.24, 2.45) is 0 Å². The molecule has 0 aliphatic heterocycles. The fourth-order valence-corrected chi connectivity index (χ4v) is 4.46. The molecule has 0 saturated carbocycles. The van der Waals surface area contributed by atoms with Crippen LogP contribution in [-0.4, -0.2) is 9.97 Å². The molecular weight excluding hydrogens is 366 g/mol. The highest BCUT2D eigenvalue weighted by atomic mass is 15.2. The van der Waals surface area contributed by atoms with Crippen molar-refractivity contribution < 1.29 is 0 Å². The summed E-state index contributed by atoms with van der Waals surface area (Å²) in [6.07, 6.45) is 9.36. The van der Waals surface area contributed by atoms with E-state index in [1.807, 2.05) is 19.3 Å². The number of hydrogen-bond acceptors (Lipinski definition) is 3. The zero-order valence-corrected chi connectivity index (χ0v) is 18.7. The van der Waals surface area contributed by atoms with Crippen LogP contribution in [0.25, 0.3) is 0 Å². The van der Waals surface area contributed by atoms with E-state index in [1.165, 1.54) is 39.3 Å². The molecule has 3 aromatic rings. The highest BCUT2D eigenvalue weighted by Gasteiger charge is 2.24. The number of hydrogen-bond donors (Lipinski definition) is 0. The molecule has 4 rings (SSSR count). The summed E-state index contributed by atoms with van der Waals surface area (Å²) in [5, 5.41) is 0. The maximum Gasteiger partial charge on any atom is 0.0621 e. The van der Waals surface area contributed by atoms with Crippen molar-refractivity contribution in [1.29, 1.82) is 0 Å². The first kappa shape index (κ1) is 20.3. The summed E-state index contributed by atoms with van der Waals surface area (Å²) in [6.45, 7) is 10.7. The van der Waals surface area contributed by atoms with Gasteiger partial charge in [-0.15, -0.1) is 0 Å². The molecule has 0 fully saturated rings. The summed E-state index contributed by atoms with van der Waals surface area (Å²) in [6, 6.07) is 13.5. The van der Waals surface area contributed by atoms with E-state index in [4.69, 9.17) is 0 Å². The molecule has 1 atom stereocenters. The number of allylic oxidation sites excluding steroid dienone is 2. The van der Waals surface area contributed by atoms with Crippen molar-refractivity contribution in [1.82, 2.24) is 9.97 Å². The molecule has 30 heavy (non-hydrogen) atoms. The molecule has 0 radical (unpaired) electrons. The third-order valence-electron chi connectivity index (χ3n) is 6.08. The molecule has 3 heteroatoms. The molecule has 1 aromatic heterocycles. The minimum atomic E-state index is 0.446. The van der Waals surface area contributed by atoms with Crippen molar-refractivity contribution in [3.8, 4) is 0 Å². The number of aromatic nitrogens is 2. The van der Waals surface area contributed by atoms with Gasteiger partial charge in [0.05, 0.1) is 11.4 Å². The molecule has 0 spiro atoms. The molecule has 0 N–H and O–H groups in total. The van der Waals surface area contributed by atoms with Gasteiger partial charge in [0.2, 0.25) is 0 Å². The van der Waals surface area contributed by atoms with Gasteiger partial charge in [-0.3, -0.25) is 9.97 Å². The fraction of sp³-hybridized carbons (Fsp3) is 0.333. The summed E-state index contributed by atoms with van der Waals surface area (Å²) >= 11 is 0. The Hall–Kier alpha value is -2.94. The van der Waals surface area contributed by atoms with Gasteiger partial charge < -0.3 is 4.90 Å². The monoisotopic (exact) mass is 397 g/mol. The molecule has 1 heterocycles. The average molecular weight is 398 g/mol. The van der Waals surface area contributed by atoms with Crippen molar-refractivity contribution in [2.75, 3.05) is 4.90 Å². The van der Waals surface area contributed by atoms with Crippen molar-refractivity contribution >= 4 is 11.4 Å². The SMILES string of the molecule is Cc1ccc(N(C2=CCC(c3cnc(C)cn3)CC2)c2ccc(C)cc2C)c(C)c1. The minimum Gasteiger partial charge on any atom is -0.314 e. The molecule has 0 amide bonds. The topological polar surface area (TPSA) is 29.0 Å². The van der Waals surface area contributed by atoms with Gasteiger partial charge in [-0.2, -0.15) is 0 Å². The van der Waals surface area contributed by atoms with E-state index in [9.17, 15) is 0 Å². The fourth-order valence-electron chi connectivity index (χ4n) is 4.46. The maximum atomic E-state index is 4.63. The van der Waals surface area contributed by atoms with Crippen LogP contribution in [0.15, 0.2) is 60.6 Å². The Morgan fingerprint density at radius 1 is 0.800 bits per heavy atom. The third-order valence-corrected chi connectivity index (χ3v) is 6.08. The van der Waals surface area contributed by atoms with Gasteiger partial charge >= 0.3 is 0 Å². The second-order valence-corrected chi connectivity index (χ2v) is 8.66. The number of rotatable bonds is 4. The zero-order valence-electron chi connectivity index (χ0n) is 18.7. The number of aryl methyl sites for hydroxylation is 5. The third kappa shape index (κ3) is 4.16. The van der Waals surface area contributed by atoms with Crippen molar-refractivity contribution in [3.05, 3.63) is 94.2 Å². The molecular formula is C27H31N3. The smallest absolute Gasteiger partial charge is 0.0621 e. The molecule has 154 valence electrons. The Labute approximate surface area is 180 Å². The van der Waals surface area contributed by atoms with Gasteiger partial charge in [-0.1, -0.05) is 41.5 Å².